The van der Waals surface area contributed by atoms with E-state index in [1.165, 1.54) is 12.1 Å². The van der Waals surface area contributed by atoms with E-state index in [4.69, 9.17) is 4.74 Å². The Hall–Kier alpha value is -3.12. The summed E-state index contributed by atoms with van der Waals surface area (Å²) in [5.74, 6) is 0.149. The number of fused-ring (bicyclic) bond motifs is 1. The van der Waals surface area contributed by atoms with E-state index in [0.29, 0.717) is 25.4 Å². The van der Waals surface area contributed by atoms with Crippen molar-refractivity contribution in [2.24, 2.45) is 0 Å². The lowest BCUT2D eigenvalue weighted by Crippen LogP contribution is -2.33. The van der Waals surface area contributed by atoms with Crippen LogP contribution in [0.3, 0.4) is 0 Å². The number of hydrogen-bond acceptors (Lipinski definition) is 2. The second-order valence-corrected chi connectivity index (χ2v) is 8.41. The number of amides is 1. The molecule has 0 saturated carbocycles. The van der Waals surface area contributed by atoms with Crippen molar-refractivity contribution in [3.63, 3.8) is 0 Å². The molecule has 0 aliphatic carbocycles. The molecule has 0 atom stereocenters. The second-order valence-electron chi connectivity index (χ2n) is 7.49. The van der Waals surface area contributed by atoms with Crippen molar-refractivity contribution in [2.45, 2.75) is 20.4 Å². The summed E-state index contributed by atoms with van der Waals surface area (Å²) in [6, 6.07) is 20.2. The maximum atomic E-state index is 13.6. The quantitative estimate of drug-likeness (QED) is 0.286. The Kier molecular flexibility index (Phi) is 6.61. The van der Waals surface area contributed by atoms with Crippen molar-refractivity contribution >= 4 is 32.9 Å². The molecule has 0 aliphatic rings. The molecule has 0 fully saturated rings. The zero-order valence-electron chi connectivity index (χ0n) is 18.0. The molecule has 0 aliphatic heterocycles. The molecule has 4 nitrogen and oxygen atoms in total. The standard InChI is InChI=1S/C26H24BrFN2O2/c1-3-29(4-2)26(31)32-24-13-12-23-22(25(24)19-8-10-21(28)11-9-19)14-15-30(23)17-18-6-5-7-20(27)16-18/h5-16H,3-4,17H2,1-2H3. The molecule has 0 radical (unpaired) electrons. The maximum absolute atomic E-state index is 13.6. The van der Waals surface area contributed by atoms with E-state index in [9.17, 15) is 9.18 Å². The van der Waals surface area contributed by atoms with Gasteiger partial charge in [0.05, 0.1) is 0 Å². The number of ether oxygens (including phenoxy) is 1. The molecular formula is C26H24BrFN2O2. The molecule has 164 valence electrons. The van der Waals surface area contributed by atoms with Crippen LogP contribution in [0, 0.1) is 5.82 Å². The third kappa shape index (κ3) is 4.55. The third-order valence-corrected chi connectivity index (χ3v) is 6.00. The smallest absolute Gasteiger partial charge is 0.410 e. The van der Waals surface area contributed by atoms with Gasteiger partial charge in [-0.3, -0.25) is 0 Å². The number of carbonyl (C=O) groups excluding carboxylic acids is 1. The average Bonchev–Trinajstić information content (AvgIpc) is 3.18. The minimum absolute atomic E-state index is 0.310. The number of nitrogens with zero attached hydrogens (tertiary/aromatic N) is 2. The van der Waals surface area contributed by atoms with Gasteiger partial charge >= 0.3 is 6.09 Å². The van der Waals surface area contributed by atoms with E-state index in [-0.39, 0.29) is 5.82 Å². The number of benzene rings is 3. The summed E-state index contributed by atoms with van der Waals surface area (Å²) in [7, 11) is 0. The zero-order valence-corrected chi connectivity index (χ0v) is 19.6. The third-order valence-electron chi connectivity index (χ3n) is 5.51. The van der Waals surface area contributed by atoms with Gasteiger partial charge in [0.25, 0.3) is 0 Å². The fourth-order valence-corrected chi connectivity index (χ4v) is 4.31. The van der Waals surface area contributed by atoms with Crippen LogP contribution in [0.15, 0.2) is 77.4 Å². The fraction of sp³-hybridized carbons (Fsp3) is 0.192. The molecule has 6 heteroatoms. The first-order valence-corrected chi connectivity index (χ1v) is 11.4. The Balaban J connectivity index is 1.81. The molecular weight excluding hydrogens is 471 g/mol. The highest BCUT2D eigenvalue weighted by molar-refractivity contribution is 9.10. The highest BCUT2D eigenvalue weighted by atomic mass is 79.9. The van der Waals surface area contributed by atoms with Crippen LogP contribution >= 0.6 is 15.9 Å². The largest absolute Gasteiger partial charge is 0.415 e. The minimum atomic E-state index is -0.397. The number of hydrogen-bond donors (Lipinski definition) is 0. The van der Waals surface area contributed by atoms with E-state index in [0.717, 1.165) is 32.1 Å². The number of halogens is 2. The van der Waals surface area contributed by atoms with Crippen LogP contribution in [0.4, 0.5) is 9.18 Å². The molecule has 32 heavy (non-hydrogen) atoms. The van der Waals surface area contributed by atoms with Crippen molar-refractivity contribution < 1.29 is 13.9 Å². The lowest BCUT2D eigenvalue weighted by Gasteiger charge is -2.20. The topological polar surface area (TPSA) is 34.5 Å². The Morgan fingerprint density at radius 2 is 1.78 bits per heavy atom. The van der Waals surface area contributed by atoms with E-state index < -0.39 is 6.09 Å². The summed E-state index contributed by atoms with van der Waals surface area (Å²) in [6.45, 7) is 5.65. The van der Waals surface area contributed by atoms with E-state index in [1.54, 1.807) is 17.0 Å². The van der Waals surface area contributed by atoms with Gasteiger partial charge in [0.1, 0.15) is 11.6 Å². The summed E-state index contributed by atoms with van der Waals surface area (Å²) >= 11 is 3.53. The number of rotatable bonds is 6. The predicted molar refractivity (Wildman–Crippen MR) is 130 cm³/mol. The SMILES string of the molecule is CCN(CC)C(=O)Oc1ccc2c(ccn2Cc2cccc(Br)c2)c1-c1ccc(F)cc1. The monoisotopic (exact) mass is 494 g/mol. The molecule has 0 unspecified atom stereocenters. The molecule has 0 saturated heterocycles. The lowest BCUT2D eigenvalue weighted by atomic mass is 10.0. The Morgan fingerprint density at radius 1 is 1.03 bits per heavy atom. The van der Waals surface area contributed by atoms with Gasteiger partial charge in [0, 0.05) is 46.8 Å². The molecule has 0 spiro atoms. The van der Waals surface area contributed by atoms with Gasteiger partial charge in [0.2, 0.25) is 0 Å². The van der Waals surface area contributed by atoms with Crippen molar-refractivity contribution in [1.29, 1.82) is 0 Å². The van der Waals surface area contributed by atoms with Crippen molar-refractivity contribution in [1.82, 2.24) is 9.47 Å². The van der Waals surface area contributed by atoms with Gasteiger partial charge in [-0.2, -0.15) is 0 Å². The average molecular weight is 495 g/mol. The van der Waals surface area contributed by atoms with Crippen LogP contribution in [0.25, 0.3) is 22.0 Å². The van der Waals surface area contributed by atoms with Gasteiger partial charge < -0.3 is 14.2 Å². The molecule has 1 aromatic heterocycles. The molecule has 4 rings (SSSR count). The van der Waals surface area contributed by atoms with Gasteiger partial charge in [-0.25, -0.2) is 9.18 Å². The summed E-state index contributed by atoms with van der Waals surface area (Å²) in [4.78, 5) is 14.3. The molecule has 0 N–H and O–H groups in total. The highest BCUT2D eigenvalue weighted by Crippen LogP contribution is 2.38. The summed E-state index contributed by atoms with van der Waals surface area (Å²) < 4.78 is 22.6. The Labute approximate surface area is 195 Å². The fourth-order valence-electron chi connectivity index (χ4n) is 3.86. The minimum Gasteiger partial charge on any atom is -0.410 e. The molecule has 0 bridgehead atoms. The summed E-state index contributed by atoms with van der Waals surface area (Å²) in [5.41, 5.74) is 3.74. The van der Waals surface area contributed by atoms with E-state index in [1.807, 2.05) is 50.4 Å². The van der Waals surface area contributed by atoms with Crippen LogP contribution in [0.5, 0.6) is 5.75 Å². The van der Waals surface area contributed by atoms with E-state index in [2.05, 4.69) is 32.6 Å². The van der Waals surface area contributed by atoms with Crippen molar-refractivity contribution in [3.05, 3.63) is 88.8 Å². The van der Waals surface area contributed by atoms with Gasteiger partial charge in [0.15, 0.2) is 0 Å². The first kappa shape index (κ1) is 22.1. The maximum Gasteiger partial charge on any atom is 0.415 e. The van der Waals surface area contributed by atoms with Crippen LogP contribution in [0.2, 0.25) is 0 Å². The highest BCUT2D eigenvalue weighted by Gasteiger charge is 2.19. The molecule has 4 aromatic rings. The van der Waals surface area contributed by atoms with Crippen LogP contribution < -0.4 is 4.74 Å². The molecule has 3 aromatic carbocycles. The predicted octanol–water partition coefficient (Wildman–Crippen LogP) is 7.10. The van der Waals surface area contributed by atoms with Gasteiger partial charge in [-0.05, 0) is 67.4 Å². The van der Waals surface area contributed by atoms with Crippen LogP contribution in [-0.2, 0) is 6.54 Å². The molecule has 1 amide bonds. The number of carbonyl (C=O) groups is 1. The summed E-state index contributed by atoms with van der Waals surface area (Å²) in [5, 5.41) is 0.941. The second kappa shape index (κ2) is 9.57. The Bertz CT molecular complexity index is 1250. The van der Waals surface area contributed by atoms with E-state index >= 15 is 0 Å². The van der Waals surface area contributed by atoms with Crippen LogP contribution in [-0.4, -0.2) is 28.6 Å². The van der Waals surface area contributed by atoms with Crippen LogP contribution in [0.1, 0.15) is 19.4 Å². The Morgan fingerprint density at radius 3 is 2.47 bits per heavy atom. The van der Waals surface area contributed by atoms with Crippen molar-refractivity contribution in [3.8, 4) is 16.9 Å². The zero-order chi connectivity index (χ0) is 22.7. The van der Waals surface area contributed by atoms with Crippen molar-refractivity contribution in [2.75, 3.05) is 13.1 Å². The number of aromatic nitrogens is 1. The lowest BCUT2D eigenvalue weighted by molar-refractivity contribution is 0.157. The van der Waals surface area contributed by atoms with Gasteiger partial charge in [-0.1, -0.05) is 40.2 Å². The van der Waals surface area contributed by atoms with Gasteiger partial charge in [-0.15, -0.1) is 0 Å². The first-order valence-electron chi connectivity index (χ1n) is 10.6. The normalized spacial score (nSPS) is 11.0. The summed E-state index contributed by atoms with van der Waals surface area (Å²) in [6.07, 6.45) is 1.63. The molecule has 1 heterocycles. The first-order chi connectivity index (χ1) is 15.5.